The molecule has 0 saturated carbocycles. The summed E-state index contributed by atoms with van der Waals surface area (Å²) in [6.45, 7) is 5.22. The highest BCUT2D eigenvalue weighted by Crippen LogP contribution is 2.22. The number of alkyl carbamates (subject to hydrolysis) is 1. The molecule has 21 heavy (non-hydrogen) atoms. The summed E-state index contributed by atoms with van der Waals surface area (Å²) >= 11 is 1.42. The number of ether oxygens (including phenoxy) is 2. The maximum Gasteiger partial charge on any atom is 0.408 e. The molecular formula is C14H21NO5S. The van der Waals surface area contributed by atoms with E-state index in [1.165, 1.54) is 24.9 Å². The number of thioether (sulfide) groups is 1. The van der Waals surface area contributed by atoms with Crippen molar-refractivity contribution in [2.24, 2.45) is 0 Å². The van der Waals surface area contributed by atoms with E-state index in [0.717, 1.165) is 0 Å². The molecule has 0 aromatic carbocycles. The first-order valence-corrected chi connectivity index (χ1v) is 7.66. The Labute approximate surface area is 128 Å². The molecule has 118 valence electrons. The number of hydrogen-bond donors (Lipinski definition) is 1. The highest BCUT2D eigenvalue weighted by atomic mass is 32.2. The molecule has 0 saturated heterocycles. The third kappa shape index (κ3) is 6.66. The fraction of sp³-hybridized carbons (Fsp3) is 0.643. The highest BCUT2D eigenvalue weighted by molar-refractivity contribution is 8.00. The van der Waals surface area contributed by atoms with Crippen LogP contribution in [-0.2, 0) is 19.1 Å². The Morgan fingerprint density at radius 2 is 2.14 bits per heavy atom. The molecule has 0 bridgehead atoms. The number of esters is 1. The molecule has 0 aromatic heterocycles. The molecule has 1 aliphatic carbocycles. The van der Waals surface area contributed by atoms with Gasteiger partial charge in [-0.3, -0.25) is 4.79 Å². The van der Waals surface area contributed by atoms with Crippen molar-refractivity contribution >= 4 is 29.6 Å². The van der Waals surface area contributed by atoms with Crippen LogP contribution < -0.4 is 5.32 Å². The van der Waals surface area contributed by atoms with Gasteiger partial charge in [-0.05, 0) is 26.8 Å². The molecule has 2 atom stereocenters. The Morgan fingerprint density at radius 1 is 1.48 bits per heavy atom. The Balaban J connectivity index is 2.52. The summed E-state index contributed by atoms with van der Waals surface area (Å²) in [5, 5.41) is 2.53. The van der Waals surface area contributed by atoms with E-state index in [1.807, 2.05) is 0 Å². The molecule has 1 aliphatic rings. The monoisotopic (exact) mass is 315 g/mol. The quantitative estimate of drug-likeness (QED) is 0.777. The van der Waals surface area contributed by atoms with Gasteiger partial charge in [0, 0.05) is 17.4 Å². The zero-order valence-electron chi connectivity index (χ0n) is 12.7. The fourth-order valence-corrected chi connectivity index (χ4v) is 2.77. The molecule has 1 rings (SSSR count). The number of ketones is 1. The van der Waals surface area contributed by atoms with E-state index in [1.54, 1.807) is 26.8 Å². The van der Waals surface area contributed by atoms with Crippen LogP contribution in [0.4, 0.5) is 4.79 Å². The molecule has 0 fully saturated rings. The number of hydrogen-bond acceptors (Lipinski definition) is 6. The summed E-state index contributed by atoms with van der Waals surface area (Å²) in [7, 11) is 1.26. The average Bonchev–Trinajstić information content (AvgIpc) is 2.77. The number of carbonyl (C=O) groups is 3. The van der Waals surface area contributed by atoms with Gasteiger partial charge in [0.25, 0.3) is 0 Å². The van der Waals surface area contributed by atoms with Crippen LogP contribution in [0.3, 0.4) is 0 Å². The molecule has 1 N–H and O–H groups in total. The van der Waals surface area contributed by atoms with Crippen molar-refractivity contribution < 1.29 is 23.9 Å². The third-order valence-electron chi connectivity index (χ3n) is 2.55. The van der Waals surface area contributed by atoms with Gasteiger partial charge in [0.15, 0.2) is 5.78 Å². The summed E-state index contributed by atoms with van der Waals surface area (Å²) in [5.74, 6) is -0.155. The van der Waals surface area contributed by atoms with E-state index < -0.39 is 23.7 Å². The van der Waals surface area contributed by atoms with Crippen LogP contribution in [0.25, 0.3) is 0 Å². The van der Waals surface area contributed by atoms with Gasteiger partial charge >= 0.3 is 12.1 Å². The first kappa shape index (κ1) is 17.6. The number of amides is 1. The Bertz CT molecular complexity index is 441. The van der Waals surface area contributed by atoms with Crippen molar-refractivity contribution in [1.29, 1.82) is 0 Å². The van der Waals surface area contributed by atoms with Gasteiger partial charge in [-0.2, -0.15) is 11.8 Å². The van der Waals surface area contributed by atoms with Crippen molar-refractivity contribution in [2.45, 2.75) is 44.1 Å². The average molecular weight is 315 g/mol. The maximum atomic E-state index is 11.7. The standard InChI is InChI=1S/C14H21NO5S/c1-14(2,3)20-13(18)15-11(12(17)19-4)8-21-10-6-5-9(16)7-10/h5-6,10-11H,7-8H2,1-4H3,(H,15,18)/t10?,11-/m0/s1. The second kappa shape index (κ2) is 7.49. The summed E-state index contributed by atoms with van der Waals surface area (Å²) in [6, 6.07) is -0.807. The zero-order chi connectivity index (χ0) is 16.0. The topological polar surface area (TPSA) is 81.7 Å². The van der Waals surface area contributed by atoms with Gasteiger partial charge in [0.2, 0.25) is 0 Å². The molecule has 0 aliphatic heterocycles. The lowest BCUT2D eigenvalue weighted by atomic mass is 10.2. The first-order chi connectivity index (χ1) is 9.71. The van der Waals surface area contributed by atoms with Gasteiger partial charge in [-0.1, -0.05) is 6.08 Å². The van der Waals surface area contributed by atoms with Crippen LogP contribution >= 0.6 is 11.8 Å². The van der Waals surface area contributed by atoms with E-state index in [2.05, 4.69) is 10.1 Å². The second-order valence-corrected chi connectivity index (χ2v) is 6.90. The lowest BCUT2D eigenvalue weighted by molar-refractivity contribution is -0.142. The van der Waals surface area contributed by atoms with E-state index >= 15 is 0 Å². The Kier molecular flexibility index (Phi) is 6.26. The van der Waals surface area contributed by atoms with Crippen molar-refractivity contribution in [1.82, 2.24) is 5.32 Å². The number of carbonyl (C=O) groups excluding carboxylic acids is 3. The van der Waals surface area contributed by atoms with Crippen LogP contribution in [0, 0.1) is 0 Å². The zero-order valence-corrected chi connectivity index (χ0v) is 13.5. The maximum absolute atomic E-state index is 11.7. The SMILES string of the molecule is COC(=O)[C@H](CSC1C=CC(=O)C1)NC(=O)OC(C)(C)C. The van der Waals surface area contributed by atoms with Crippen LogP contribution in [0.15, 0.2) is 12.2 Å². The fourth-order valence-electron chi connectivity index (χ4n) is 1.64. The van der Waals surface area contributed by atoms with Gasteiger partial charge in [-0.15, -0.1) is 0 Å². The lowest BCUT2D eigenvalue weighted by Crippen LogP contribution is -2.45. The van der Waals surface area contributed by atoms with Gasteiger partial charge in [0.1, 0.15) is 11.6 Å². The number of allylic oxidation sites excluding steroid dienone is 1. The van der Waals surface area contributed by atoms with Crippen LogP contribution in [0.2, 0.25) is 0 Å². The Hall–Kier alpha value is -1.50. The largest absolute Gasteiger partial charge is 0.467 e. The number of rotatable bonds is 5. The molecule has 1 unspecified atom stereocenters. The van der Waals surface area contributed by atoms with Gasteiger partial charge in [0.05, 0.1) is 7.11 Å². The number of methoxy groups -OCH3 is 1. The predicted molar refractivity (Wildman–Crippen MR) is 80.2 cm³/mol. The van der Waals surface area contributed by atoms with E-state index in [4.69, 9.17) is 4.74 Å². The predicted octanol–water partition coefficient (Wildman–Crippen LogP) is 1.68. The minimum Gasteiger partial charge on any atom is -0.467 e. The summed E-state index contributed by atoms with van der Waals surface area (Å²) in [4.78, 5) is 34.6. The summed E-state index contributed by atoms with van der Waals surface area (Å²) in [6.07, 6.45) is 3.09. The molecule has 7 heteroatoms. The molecule has 6 nitrogen and oxygen atoms in total. The van der Waals surface area contributed by atoms with Crippen molar-refractivity contribution in [3.63, 3.8) is 0 Å². The van der Waals surface area contributed by atoms with Crippen LogP contribution in [0.5, 0.6) is 0 Å². The molecule has 1 amide bonds. The number of nitrogens with one attached hydrogen (secondary N) is 1. The normalized spacial score (nSPS) is 19.2. The molecule has 0 radical (unpaired) electrons. The Morgan fingerprint density at radius 3 is 2.62 bits per heavy atom. The van der Waals surface area contributed by atoms with Crippen LogP contribution in [-0.4, -0.2) is 47.6 Å². The van der Waals surface area contributed by atoms with E-state index in [-0.39, 0.29) is 11.0 Å². The summed E-state index contributed by atoms with van der Waals surface area (Å²) < 4.78 is 9.79. The van der Waals surface area contributed by atoms with E-state index in [9.17, 15) is 14.4 Å². The van der Waals surface area contributed by atoms with E-state index in [0.29, 0.717) is 12.2 Å². The first-order valence-electron chi connectivity index (χ1n) is 6.61. The smallest absolute Gasteiger partial charge is 0.408 e. The lowest BCUT2D eigenvalue weighted by Gasteiger charge is -2.22. The van der Waals surface area contributed by atoms with Crippen molar-refractivity contribution in [2.75, 3.05) is 12.9 Å². The minimum absolute atomic E-state index is 0.0325. The molecule has 0 aromatic rings. The van der Waals surface area contributed by atoms with Gasteiger partial charge in [-0.25, -0.2) is 9.59 Å². The van der Waals surface area contributed by atoms with Crippen molar-refractivity contribution in [3.05, 3.63) is 12.2 Å². The molecule has 0 heterocycles. The minimum atomic E-state index is -0.807. The molecule has 0 spiro atoms. The third-order valence-corrected chi connectivity index (χ3v) is 3.83. The van der Waals surface area contributed by atoms with Crippen molar-refractivity contribution in [3.8, 4) is 0 Å². The van der Waals surface area contributed by atoms with Crippen LogP contribution in [0.1, 0.15) is 27.2 Å². The summed E-state index contributed by atoms with van der Waals surface area (Å²) in [5.41, 5.74) is -0.640. The second-order valence-electron chi connectivity index (χ2n) is 5.62. The highest BCUT2D eigenvalue weighted by Gasteiger charge is 2.27. The molecular weight excluding hydrogens is 294 g/mol. The van der Waals surface area contributed by atoms with Gasteiger partial charge < -0.3 is 14.8 Å².